The van der Waals surface area contributed by atoms with Crippen LogP contribution < -0.4 is 9.64 Å². The molecule has 1 aromatic carbocycles. The van der Waals surface area contributed by atoms with Crippen molar-refractivity contribution in [1.29, 1.82) is 0 Å². The molecule has 0 unspecified atom stereocenters. The lowest BCUT2D eigenvalue weighted by atomic mass is 10.1. The second-order valence-electron chi connectivity index (χ2n) is 5.63. The van der Waals surface area contributed by atoms with Gasteiger partial charge in [-0.25, -0.2) is 23.5 Å². The summed E-state index contributed by atoms with van der Waals surface area (Å²) in [5.74, 6) is -1.16. The second-order valence-corrected chi connectivity index (χ2v) is 5.63. The van der Waals surface area contributed by atoms with E-state index in [0.29, 0.717) is 31.7 Å². The van der Waals surface area contributed by atoms with E-state index in [2.05, 4.69) is 14.7 Å². The average Bonchev–Trinajstić information content (AvgIpc) is 2.64. The van der Waals surface area contributed by atoms with Gasteiger partial charge in [-0.2, -0.15) is 0 Å². The number of carbonyl (C=O) groups is 1. The molecule has 0 bridgehead atoms. The lowest BCUT2D eigenvalue weighted by molar-refractivity contribution is 0.0593. The van der Waals surface area contributed by atoms with Gasteiger partial charge in [0.05, 0.1) is 19.5 Å². The Balaban J connectivity index is 1.57. The van der Waals surface area contributed by atoms with Crippen LogP contribution in [0.25, 0.3) is 0 Å². The van der Waals surface area contributed by atoms with E-state index in [1.165, 1.54) is 31.6 Å². The number of methoxy groups -OCH3 is 1. The molecule has 8 heteroatoms. The van der Waals surface area contributed by atoms with E-state index >= 15 is 0 Å². The maximum Gasteiger partial charge on any atom is 0.358 e. The van der Waals surface area contributed by atoms with Crippen LogP contribution in [0.15, 0.2) is 30.6 Å². The number of ether oxygens (including phenoxy) is 2. The molecule has 3 rings (SSSR count). The molecule has 0 aliphatic carbocycles. The smallest absolute Gasteiger partial charge is 0.358 e. The molecular weight excluding hydrogens is 332 g/mol. The van der Waals surface area contributed by atoms with E-state index in [1.54, 1.807) is 0 Å². The number of hydrogen-bond acceptors (Lipinski definition) is 6. The first-order valence-corrected chi connectivity index (χ1v) is 7.84. The standard InChI is InChI=1S/C17H17F2N3O3/c1-24-17(23)14-9-21-16(10-20-14)22-6-4-12(5-7-22)25-15-3-2-11(18)8-13(15)19/h2-3,8-10,12H,4-7H2,1H3. The fourth-order valence-corrected chi connectivity index (χ4v) is 2.65. The minimum absolute atomic E-state index is 0.0575. The number of anilines is 1. The number of hydrogen-bond donors (Lipinski definition) is 0. The lowest BCUT2D eigenvalue weighted by Gasteiger charge is -2.32. The third-order valence-corrected chi connectivity index (χ3v) is 3.99. The normalized spacial score (nSPS) is 15.1. The topological polar surface area (TPSA) is 64.5 Å². The summed E-state index contributed by atoms with van der Waals surface area (Å²) in [6.07, 6.45) is 4.07. The monoisotopic (exact) mass is 349 g/mol. The zero-order valence-electron chi connectivity index (χ0n) is 13.6. The van der Waals surface area contributed by atoms with Crippen LogP contribution in [0.4, 0.5) is 14.6 Å². The van der Waals surface area contributed by atoms with E-state index < -0.39 is 17.6 Å². The van der Waals surface area contributed by atoms with E-state index in [1.807, 2.05) is 4.90 Å². The first-order chi connectivity index (χ1) is 12.1. The van der Waals surface area contributed by atoms with Gasteiger partial charge in [-0.3, -0.25) is 0 Å². The Bertz CT molecular complexity index is 747. The lowest BCUT2D eigenvalue weighted by Crippen LogP contribution is -2.38. The molecule has 2 heterocycles. The van der Waals surface area contributed by atoms with Crippen LogP contribution in [0.5, 0.6) is 5.75 Å². The van der Waals surface area contributed by atoms with E-state index in [4.69, 9.17) is 4.74 Å². The van der Waals surface area contributed by atoms with Gasteiger partial charge in [0.1, 0.15) is 17.7 Å². The van der Waals surface area contributed by atoms with Gasteiger partial charge in [0.15, 0.2) is 17.3 Å². The van der Waals surface area contributed by atoms with Gasteiger partial charge in [0, 0.05) is 32.0 Å². The zero-order chi connectivity index (χ0) is 17.8. The van der Waals surface area contributed by atoms with Gasteiger partial charge < -0.3 is 14.4 Å². The molecule has 1 saturated heterocycles. The molecule has 1 aliphatic rings. The van der Waals surface area contributed by atoms with Crippen LogP contribution in [-0.2, 0) is 4.74 Å². The Labute approximate surface area is 143 Å². The molecule has 0 amide bonds. The Morgan fingerprint density at radius 1 is 1.20 bits per heavy atom. The van der Waals surface area contributed by atoms with Crippen LogP contribution in [0.1, 0.15) is 23.3 Å². The highest BCUT2D eigenvalue weighted by Crippen LogP contribution is 2.24. The minimum atomic E-state index is -0.702. The minimum Gasteiger partial charge on any atom is -0.487 e. The molecule has 0 saturated carbocycles. The number of carbonyl (C=O) groups excluding carboxylic acids is 1. The summed E-state index contributed by atoms with van der Waals surface area (Å²) < 4.78 is 36.8. The summed E-state index contributed by atoms with van der Waals surface area (Å²) in [4.78, 5) is 21.6. The average molecular weight is 349 g/mol. The number of nitrogens with zero attached hydrogens (tertiary/aromatic N) is 3. The van der Waals surface area contributed by atoms with Gasteiger partial charge in [0.2, 0.25) is 0 Å². The van der Waals surface area contributed by atoms with Crippen LogP contribution in [-0.4, -0.2) is 42.2 Å². The summed E-state index contributed by atoms with van der Waals surface area (Å²) in [7, 11) is 1.28. The summed E-state index contributed by atoms with van der Waals surface area (Å²) in [6.45, 7) is 1.31. The predicted molar refractivity (Wildman–Crippen MR) is 85.6 cm³/mol. The molecule has 1 aromatic heterocycles. The van der Waals surface area contributed by atoms with Crippen molar-refractivity contribution < 1.29 is 23.0 Å². The molecule has 0 N–H and O–H groups in total. The van der Waals surface area contributed by atoms with Crippen LogP contribution >= 0.6 is 0 Å². The summed E-state index contributed by atoms with van der Waals surface area (Å²) in [5, 5.41) is 0. The molecule has 25 heavy (non-hydrogen) atoms. The van der Waals surface area contributed by atoms with Crippen molar-refractivity contribution in [3.05, 3.63) is 47.9 Å². The molecule has 6 nitrogen and oxygen atoms in total. The van der Waals surface area contributed by atoms with Crippen molar-refractivity contribution in [2.75, 3.05) is 25.1 Å². The maximum atomic E-state index is 13.6. The number of benzene rings is 1. The first kappa shape index (κ1) is 17.1. The van der Waals surface area contributed by atoms with E-state index in [0.717, 1.165) is 6.07 Å². The highest BCUT2D eigenvalue weighted by Gasteiger charge is 2.23. The molecule has 0 spiro atoms. The van der Waals surface area contributed by atoms with Crippen molar-refractivity contribution in [1.82, 2.24) is 9.97 Å². The van der Waals surface area contributed by atoms with Crippen LogP contribution in [0.2, 0.25) is 0 Å². The largest absolute Gasteiger partial charge is 0.487 e. The van der Waals surface area contributed by atoms with E-state index in [-0.39, 0.29) is 17.5 Å². The summed E-state index contributed by atoms with van der Waals surface area (Å²) in [6, 6.07) is 3.28. The van der Waals surface area contributed by atoms with Gasteiger partial charge in [-0.15, -0.1) is 0 Å². The molecule has 0 atom stereocenters. The third-order valence-electron chi connectivity index (χ3n) is 3.99. The Morgan fingerprint density at radius 2 is 1.96 bits per heavy atom. The zero-order valence-corrected chi connectivity index (χ0v) is 13.6. The summed E-state index contributed by atoms with van der Waals surface area (Å²) >= 11 is 0. The molecule has 132 valence electrons. The van der Waals surface area contributed by atoms with Crippen LogP contribution in [0, 0.1) is 11.6 Å². The predicted octanol–water partition coefficient (Wildman–Crippen LogP) is 2.59. The van der Waals surface area contributed by atoms with Gasteiger partial charge >= 0.3 is 5.97 Å². The molecule has 1 fully saturated rings. The number of halogens is 2. The highest BCUT2D eigenvalue weighted by molar-refractivity contribution is 5.86. The number of esters is 1. The second kappa shape index (κ2) is 7.42. The Kier molecular flexibility index (Phi) is 5.06. The molecule has 1 aliphatic heterocycles. The van der Waals surface area contributed by atoms with Crippen molar-refractivity contribution in [3.63, 3.8) is 0 Å². The molecule has 0 radical (unpaired) electrons. The fourth-order valence-electron chi connectivity index (χ4n) is 2.65. The SMILES string of the molecule is COC(=O)c1cnc(N2CCC(Oc3ccc(F)cc3F)CC2)cn1. The van der Waals surface area contributed by atoms with Crippen molar-refractivity contribution in [2.45, 2.75) is 18.9 Å². The highest BCUT2D eigenvalue weighted by atomic mass is 19.1. The molecule has 2 aromatic rings. The van der Waals surface area contributed by atoms with Gasteiger partial charge in [0.25, 0.3) is 0 Å². The summed E-state index contributed by atoms with van der Waals surface area (Å²) in [5.41, 5.74) is 0.149. The molecular formula is C17H17F2N3O3. The fraction of sp³-hybridized carbons (Fsp3) is 0.353. The number of piperidine rings is 1. The van der Waals surface area contributed by atoms with Crippen molar-refractivity contribution in [3.8, 4) is 5.75 Å². The number of aromatic nitrogens is 2. The Morgan fingerprint density at radius 3 is 2.56 bits per heavy atom. The van der Waals surface area contributed by atoms with Crippen molar-refractivity contribution in [2.24, 2.45) is 0 Å². The van der Waals surface area contributed by atoms with Gasteiger partial charge in [-0.05, 0) is 12.1 Å². The quantitative estimate of drug-likeness (QED) is 0.791. The van der Waals surface area contributed by atoms with E-state index in [9.17, 15) is 13.6 Å². The maximum absolute atomic E-state index is 13.6. The van der Waals surface area contributed by atoms with Crippen LogP contribution in [0.3, 0.4) is 0 Å². The van der Waals surface area contributed by atoms with Gasteiger partial charge in [-0.1, -0.05) is 0 Å². The number of rotatable bonds is 4. The Hall–Kier alpha value is -2.77. The third kappa shape index (κ3) is 4.01. The van der Waals surface area contributed by atoms with Crippen molar-refractivity contribution >= 4 is 11.8 Å². The first-order valence-electron chi connectivity index (χ1n) is 7.84.